The number of piperazine rings is 1. The van der Waals surface area contributed by atoms with E-state index in [4.69, 9.17) is 4.74 Å². The number of carbonyl (C=O) groups is 1. The number of pyridine rings is 1. The molecule has 1 fully saturated rings. The molecule has 3 heterocycles. The van der Waals surface area contributed by atoms with Crippen LogP contribution in [0.5, 0.6) is 5.75 Å². The van der Waals surface area contributed by atoms with Gasteiger partial charge in [-0.2, -0.15) is 4.31 Å². The van der Waals surface area contributed by atoms with Crippen molar-refractivity contribution in [3.05, 3.63) is 48.4 Å². The number of hydrogen-bond acceptors (Lipinski definition) is 6. The van der Waals surface area contributed by atoms with E-state index in [0.717, 1.165) is 0 Å². The maximum Gasteiger partial charge on any atom is 0.255 e. The van der Waals surface area contributed by atoms with Crippen molar-refractivity contribution in [1.82, 2.24) is 23.7 Å². The third-order valence-electron chi connectivity index (χ3n) is 5.02. The molecule has 1 saturated heterocycles. The third-order valence-corrected chi connectivity index (χ3v) is 6.93. The topological polar surface area (TPSA) is 97.6 Å². The van der Waals surface area contributed by atoms with E-state index in [0.29, 0.717) is 35.6 Å². The van der Waals surface area contributed by atoms with Gasteiger partial charge in [-0.05, 0) is 30.3 Å². The molecule has 0 bridgehead atoms. The van der Waals surface area contributed by atoms with Crippen LogP contribution in [-0.4, -0.2) is 71.4 Å². The zero-order valence-corrected chi connectivity index (χ0v) is 17.0. The van der Waals surface area contributed by atoms with Gasteiger partial charge in [-0.15, -0.1) is 0 Å². The van der Waals surface area contributed by atoms with E-state index in [-0.39, 0.29) is 23.9 Å². The van der Waals surface area contributed by atoms with Gasteiger partial charge in [0.05, 0.1) is 23.9 Å². The van der Waals surface area contributed by atoms with Crippen LogP contribution in [0.4, 0.5) is 0 Å². The number of nitrogens with zero attached hydrogens (tertiary/aromatic N) is 5. The lowest BCUT2D eigenvalue weighted by atomic mass is 10.2. The summed E-state index contributed by atoms with van der Waals surface area (Å²) in [5.41, 5.74) is 1.80. The number of aryl methyl sites for hydroxylation is 1. The Morgan fingerprint density at radius 1 is 1.07 bits per heavy atom. The normalized spacial score (nSPS) is 15.6. The van der Waals surface area contributed by atoms with Gasteiger partial charge in [0.15, 0.2) is 5.65 Å². The summed E-state index contributed by atoms with van der Waals surface area (Å²) in [6.45, 7) is 1.10. The van der Waals surface area contributed by atoms with Crippen molar-refractivity contribution in [2.45, 2.75) is 4.90 Å². The molecule has 1 aliphatic heterocycles. The minimum absolute atomic E-state index is 0.174. The molecule has 2 aromatic heterocycles. The molecule has 0 spiro atoms. The number of rotatable bonds is 4. The number of fused-ring (bicyclic) bond motifs is 1. The fourth-order valence-electron chi connectivity index (χ4n) is 3.34. The maximum absolute atomic E-state index is 12.8. The smallest absolute Gasteiger partial charge is 0.255 e. The lowest BCUT2D eigenvalue weighted by Gasteiger charge is -2.34. The summed E-state index contributed by atoms with van der Waals surface area (Å²) < 4.78 is 33.9. The first kappa shape index (κ1) is 19.3. The highest BCUT2D eigenvalue weighted by Crippen LogP contribution is 2.21. The molecule has 3 aromatic rings. The van der Waals surface area contributed by atoms with E-state index in [9.17, 15) is 13.2 Å². The predicted octanol–water partition coefficient (Wildman–Crippen LogP) is 1.12. The number of carbonyl (C=O) groups excluding carboxylic acids is 1. The average molecular weight is 415 g/mol. The van der Waals surface area contributed by atoms with Crippen molar-refractivity contribution in [2.24, 2.45) is 7.05 Å². The van der Waals surface area contributed by atoms with E-state index < -0.39 is 10.0 Å². The molecule has 0 radical (unpaired) electrons. The van der Waals surface area contributed by atoms with Gasteiger partial charge in [-0.25, -0.2) is 18.4 Å². The minimum Gasteiger partial charge on any atom is -0.497 e. The standard InChI is InChI=1S/C19H21N5O4S/c1-22-13-21-17-11-14(12-20-18(17)22)19(25)23-7-9-24(10-8-23)29(26,27)16-5-3-15(28-2)4-6-16/h3-6,11-13H,7-10H2,1-2H3. The number of imidazole rings is 1. The van der Waals surface area contributed by atoms with Crippen molar-refractivity contribution in [3.8, 4) is 5.75 Å². The Morgan fingerprint density at radius 2 is 1.76 bits per heavy atom. The molecule has 1 aromatic carbocycles. The van der Waals surface area contributed by atoms with Gasteiger partial charge >= 0.3 is 0 Å². The van der Waals surface area contributed by atoms with Crippen LogP contribution in [0.2, 0.25) is 0 Å². The van der Waals surface area contributed by atoms with Gasteiger partial charge in [0, 0.05) is 39.4 Å². The molecular weight excluding hydrogens is 394 g/mol. The summed E-state index contributed by atoms with van der Waals surface area (Å²) in [6, 6.07) is 8.00. The molecule has 1 amide bonds. The van der Waals surface area contributed by atoms with Gasteiger partial charge in [0.2, 0.25) is 10.0 Å². The second kappa shape index (κ2) is 7.45. The van der Waals surface area contributed by atoms with Crippen molar-refractivity contribution in [2.75, 3.05) is 33.3 Å². The first-order valence-electron chi connectivity index (χ1n) is 9.11. The fraction of sp³-hybridized carbons (Fsp3) is 0.316. The maximum atomic E-state index is 12.8. The molecule has 0 atom stereocenters. The fourth-order valence-corrected chi connectivity index (χ4v) is 4.77. The van der Waals surface area contributed by atoms with Gasteiger partial charge in [-0.3, -0.25) is 4.79 Å². The monoisotopic (exact) mass is 415 g/mol. The van der Waals surface area contributed by atoms with E-state index in [1.165, 1.54) is 29.7 Å². The second-order valence-electron chi connectivity index (χ2n) is 6.79. The molecule has 0 saturated carbocycles. The van der Waals surface area contributed by atoms with Crippen LogP contribution in [0.15, 0.2) is 47.8 Å². The highest BCUT2D eigenvalue weighted by molar-refractivity contribution is 7.89. The summed E-state index contributed by atoms with van der Waals surface area (Å²) in [6.07, 6.45) is 3.18. The second-order valence-corrected chi connectivity index (χ2v) is 8.73. The van der Waals surface area contributed by atoms with E-state index >= 15 is 0 Å². The molecule has 29 heavy (non-hydrogen) atoms. The Bertz CT molecular complexity index is 1150. The molecule has 0 aliphatic carbocycles. The Hall–Kier alpha value is -2.98. The van der Waals surface area contributed by atoms with E-state index in [1.54, 1.807) is 34.0 Å². The Labute approximate surface area is 168 Å². The summed E-state index contributed by atoms with van der Waals surface area (Å²) in [4.78, 5) is 23.2. The first-order chi connectivity index (χ1) is 13.9. The predicted molar refractivity (Wildman–Crippen MR) is 106 cm³/mol. The third kappa shape index (κ3) is 3.56. The molecule has 0 N–H and O–H groups in total. The number of aromatic nitrogens is 3. The molecule has 10 heteroatoms. The van der Waals surface area contributed by atoms with Crippen LogP contribution < -0.4 is 4.74 Å². The number of ether oxygens (including phenoxy) is 1. The van der Waals surface area contributed by atoms with Crippen LogP contribution in [-0.2, 0) is 17.1 Å². The molecule has 4 rings (SSSR count). The van der Waals surface area contributed by atoms with E-state index in [1.807, 2.05) is 7.05 Å². The van der Waals surface area contributed by atoms with Crippen molar-refractivity contribution in [1.29, 1.82) is 0 Å². The zero-order valence-electron chi connectivity index (χ0n) is 16.1. The summed E-state index contributed by atoms with van der Waals surface area (Å²) in [5.74, 6) is 0.421. The number of benzene rings is 1. The van der Waals surface area contributed by atoms with Crippen molar-refractivity contribution >= 4 is 27.1 Å². The summed E-state index contributed by atoms with van der Waals surface area (Å²) in [5, 5.41) is 0. The van der Waals surface area contributed by atoms with E-state index in [2.05, 4.69) is 9.97 Å². The Kier molecular flexibility index (Phi) is 4.97. The van der Waals surface area contributed by atoms with Gasteiger partial charge in [0.1, 0.15) is 11.3 Å². The molecule has 0 unspecified atom stereocenters. The highest BCUT2D eigenvalue weighted by Gasteiger charge is 2.30. The lowest BCUT2D eigenvalue weighted by molar-refractivity contribution is 0.0697. The zero-order chi connectivity index (χ0) is 20.6. The first-order valence-corrected chi connectivity index (χ1v) is 10.5. The number of amides is 1. The van der Waals surface area contributed by atoms with Crippen molar-refractivity contribution in [3.63, 3.8) is 0 Å². The van der Waals surface area contributed by atoms with Crippen LogP contribution >= 0.6 is 0 Å². The van der Waals surface area contributed by atoms with Crippen LogP contribution in [0, 0.1) is 0 Å². The molecule has 152 valence electrons. The van der Waals surface area contributed by atoms with Crippen LogP contribution in [0.1, 0.15) is 10.4 Å². The number of sulfonamides is 1. The van der Waals surface area contributed by atoms with Gasteiger partial charge in [0.25, 0.3) is 5.91 Å². The van der Waals surface area contributed by atoms with Crippen LogP contribution in [0.25, 0.3) is 11.2 Å². The van der Waals surface area contributed by atoms with Gasteiger partial charge < -0.3 is 14.2 Å². The Morgan fingerprint density at radius 3 is 2.41 bits per heavy atom. The van der Waals surface area contributed by atoms with Crippen LogP contribution in [0.3, 0.4) is 0 Å². The van der Waals surface area contributed by atoms with Gasteiger partial charge in [-0.1, -0.05) is 0 Å². The summed E-state index contributed by atoms with van der Waals surface area (Å²) >= 11 is 0. The Balaban J connectivity index is 1.45. The molecular formula is C19H21N5O4S. The summed E-state index contributed by atoms with van der Waals surface area (Å²) in [7, 11) is -0.244. The average Bonchev–Trinajstić information content (AvgIpc) is 3.13. The minimum atomic E-state index is -3.61. The number of hydrogen-bond donors (Lipinski definition) is 0. The molecule has 9 nitrogen and oxygen atoms in total. The SMILES string of the molecule is COc1ccc(S(=O)(=O)N2CCN(C(=O)c3cnc4c(c3)ncn4C)CC2)cc1. The molecule has 1 aliphatic rings. The number of methoxy groups -OCH3 is 1. The largest absolute Gasteiger partial charge is 0.497 e. The quantitative estimate of drug-likeness (QED) is 0.634. The van der Waals surface area contributed by atoms with Crippen molar-refractivity contribution < 1.29 is 17.9 Å². The highest BCUT2D eigenvalue weighted by atomic mass is 32.2. The lowest BCUT2D eigenvalue weighted by Crippen LogP contribution is -2.50.